The molecule has 78 valence electrons. The van der Waals surface area contributed by atoms with Crippen LogP contribution in [0.1, 0.15) is 13.8 Å². The van der Waals surface area contributed by atoms with Crippen molar-refractivity contribution in [1.29, 1.82) is 0 Å². The minimum absolute atomic E-state index is 0.265. The number of carbonyl (C=O) groups excluding carboxylic acids is 1. The smallest absolute Gasteiger partial charge is 0.396 e. The van der Waals surface area contributed by atoms with Gasteiger partial charge in [-0.25, -0.2) is 0 Å². The van der Waals surface area contributed by atoms with Crippen LogP contribution < -0.4 is 5.32 Å². The van der Waals surface area contributed by atoms with Crippen LogP contribution in [-0.4, -0.2) is 29.8 Å². The third-order valence-corrected chi connectivity index (χ3v) is 1.76. The quantitative estimate of drug-likeness (QED) is 0.702. The summed E-state index contributed by atoms with van der Waals surface area (Å²) in [7, 11) is 0. The Morgan fingerprint density at radius 2 is 1.92 bits per heavy atom. The predicted octanol–water partition coefficient (Wildman–Crippen LogP) is 0.682. The summed E-state index contributed by atoms with van der Waals surface area (Å²) in [6.07, 6.45) is -4.86. The van der Waals surface area contributed by atoms with E-state index in [1.165, 1.54) is 6.92 Å². The highest BCUT2D eigenvalue weighted by atomic mass is 19.4. The lowest BCUT2D eigenvalue weighted by molar-refractivity contribution is -0.174. The fourth-order valence-corrected chi connectivity index (χ4v) is 0.589. The molecule has 0 aromatic carbocycles. The van der Waals surface area contributed by atoms with Crippen LogP contribution in [0.25, 0.3) is 0 Å². The van der Waals surface area contributed by atoms with Gasteiger partial charge in [0.05, 0.1) is 0 Å². The molecule has 0 radical (unpaired) electrons. The number of halogens is 3. The lowest BCUT2D eigenvalue weighted by Gasteiger charge is -2.19. The summed E-state index contributed by atoms with van der Waals surface area (Å²) >= 11 is 0. The summed E-state index contributed by atoms with van der Waals surface area (Å²) in [5.41, 5.74) is 0. The van der Waals surface area contributed by atoms with E-state index in [9.17, 15) is 18.0 Å². The molecule has 13 heavy (non-hydrogen) atoms. The van der Waals surface area contributed by atoms with Crippen LogP contribution in [0.4, 0.5) is 13.2 Å². The fraction of sp³-hybridized carbons (Fsp3) is 0.857. The molecule has 3 nitrogen and oxygen atoms in total. The largest absolute Gasteiger partial charge is 0.471 e. The average Bonchev–Trinajstić information content (AvgIpc) is 2.01. The van der Waals surface area contributed by atoms with Crippen molar-refractivity contribution in [3.05, 3.63) is 0 Å². The third-order valence-electron chi connectivity index (χ3n) is 1.76. The van der Waals surface area contributed by atoms with Crippen molar-refractivity contribution < 1.29 is 23.1 Å². The van der Waals surface area contributed by atoms with Gasteiger partial charge < -0.3 is 10.4 Å². The summed E-state index contributed by atoms with van der Waals surface area (Å²) in [6.45, 7) is 2.69. The van der Waals surface area contributed by atoms with Gasteiger partial charge in [0.2, 0.25) is 0 Å². The Morgan fingerprint density at radius 3 is 2.23 bits per heavy atom. The molecular weight excluding hydrogens is 187 g/mol. The molecule has 0 aliphatic carbocycles. The lowest BCUT2D eigenvalue weighted by atomic mass is 10.1. The van der Waals surface area contributed by atoms with E-state index in [0.717, 1.165) is 0 Å². The predicted molar refractivity (Wildman–Crippen MR) is 39.9 cm³/mol. The maximum absolute atomic E-state index is 11.7. The number of carbonyl (C=O) groups is 1. The number of hydrogen-bond acceptors (Lipinski definition) is 2. The SMILES string of the molecule is CC(CO)C(C)NC(=O)C(F)(F)F. The van der Waals surface area contributed by atoms with E-state index in [4.69, 9.17) is 5.11 Å². The molecular formula is C7H12F3NO2. The van der Waals surface area contributed by atoms with Crippen LogP contribution in [-0.2, 0) is 4.79 Å². The molecule has 0 aromatic heterocycles. The van der Waals surface area contributed by atoms with Crippen LogP contribution in [0, 0.1) is 5.92 Å². The van der Waals surface area contributed by atoms with Crippen molar-refractivity contribution in [1.82, 2.24) is 5.32 Å². The lowest BCUT2D eigenvalue weighted by Crippen LogP contribution is -2.45. The number of alkyl halides is 3. The number of nitrogens with one attached hydrogen (secondary N) is 1. The van der Waals surface area contributed by atoms with E-state index in [2.05, 4.69) is 0 Å². The first-order chi connectivity index (χ1) is 5.79. The molecule has 0 saturated heterocycles. The summed E-state index contributed by atoms with van der Waals surface area (Å²) in [5.74, 6) is -2.37. The zero-order valence-electron chi connectivity index (χ0n) is 7.35. The van der Waals surface area contributed by atoms with Gasteiger partial charge in [-0.2, -0.15) is 13.2 Å². The van der Waals surface area contributed by atoms with Gasteiger partial charge >= 0.3 is 12.1 Å². The minimum atomic E-state index is -4.86. The molecule has 0 aliphatic rings. The van der Waals surface area contributed by atoms with Crippen molar-refractivity contribution in [3.63, 3.8) is 0 Å². The Bertz CT molecular complexity index is 181. The molecule has 2 unspecified atom stereocenters. The first kappa shape index (κ1) is 12.2. The average molecular weight is 199 g/mol. The highest BCUT2D eigenvalue weighted by Gasteiger charge is 2.39. The Labute approximate surface area is 73.9 Å². The summed E-state index contributed by atoms with van der Waals surface area (Å²) < 4.78 is 35.1. The Kier molecular flexibility index (Phi) is 4.19. The summed E-state index contributed by atoms with van der Waals surface area (Å²) in [6, 6.07) is -0.695. The zero-order valence-corrected chi connectivity index (χ0v) is 7.35. The Morgan fingerprint density at radius 1 is 1.46 bits per heavy atom. The molecule has 2 N–H and O–H groups in total. The summed E-state index contributed by atoms with van der Waals surface area (Å²) in [5, 5.41) is 10.3. The maximum Gasteiger partial charge on any atom is 0.471 e. The van der Waals surface area contributed by atoms with E-state index >= 15 is 0 Å². The third kappa shape index (κ3) is 4.12. The van der Waals surface area contributed by atoms with Gasteiger partial charge in [0, 0.05) is 12.6 Å². The van der Waals surface area contributed by atoms with Gasteiger partial charge in [-0.3, -0.25) is 4.79 Å². The van der Waals surface area contributed by atoms with Gasteiger partial charge in [-0.15, -0.1) is 0 Å². The number of hydrogen-bond donors (Lipinski definition) is 2. The highest BCUT2D eigenvalue weighted by Crippen LogP contribution is 2.15. The van der Waals surface area contributed by atoms with Crippen LogP contribution in [0.2, 0.25) is 0 Å². The normalized spacial score (nSPS) is 16.5. The molecule has 0 heterocycles. The second-order valence-electron chi connectivity index (χ2n) is 2.92. The van der Waals surface area contributed by atoms with Crippen molar-refractivity contribution in [3.8, 4) is 0 Å². The molecule has 0 bridgehead atoms. The molecule has 0 aliphatic heterocycles. The topological polar surface area (TPSA) is 49.3 Å². The van der Waals surface area contributed by atoms with Crippen LogP contribution in [0.3, 0.4) is 0 Å². The van der Waals surface area contributed by atoms with Crippen molar-refractivity contribution in [2.75, 3.05) is 6.61 Å². The fourth-order valence-electron chi connectivity index (χ4n) is 0.589. The first-order valence-electron chi connectivity index (χ1n) is 3.77. The Hall–Kier alpha value is -0.780. The number of amides is 1. The van der Waals surface area contributed by atoms with E-state index in [1.54, 1.807) is 12.2 Å². The number of aliphatic hydroxyl groups excluding tert-OH is 1. The van der Waals surface area contributed by atoms with Crippen LogP contribution >= 0.6 is 0 Å². The standard InChI is InChI=1S/C7H12F3NO2/c1-4(3-12)5(2)11-6(13)7(8,9)10/h4-5,12H,3H2,1-2H3,(H,11,13). The molecule has 0 saturated carbocycles. The van der Waals surface area contributed by atoms with Crippen molar-refractivity contribution >= 4 is 5.91 Å². The van der Waals surface area contributed by atoms with Gasteiger partial charge in [0.1, 0.15) is 0 Å². The van der Waals surface area contributed by atoms with Crippen molar-refractivity contribution in [2.45, 2.75) is 26.1 Å². The monoisotopic (exact) mass is 199 g/mol. The second kappa shape index (κ2) is 4.45. The van der Waals surface area contributed by atoms with Crippen LogP contribution in [0.15, 0.2) is 0 Å². The van der Waals surface area contributed by atoms with Gasteiger partial charge in [-0.1, -0.05) is 6.92 Å². The molecule has 6 heteroatoms. The molecule has 0 aromatic rings. The minimum Gasteiger partial charge on any atom is -0.396 e. The van der Waals surface area contributed by atoms with Gasteiger partial charge in [-0.05, 0) is 12.8 Å². The molecule has 2 atom stereocenters. The maximum atomic E-state index is 11.7. The molecule has 0 rings (SSSR count). The molecule has 0 spiro atoms. The van der Waals surface area contributed by atoms with Crippen molar-refractivity contribution in [2.24, 2.45) is 5.92 Å². The first-order valence-corrected chi connectivity index (χ1v) is 3.77. The second-order valence-corrected chi connectivity index (χ2v) is 2.92. The van der Waals surface area contributed by atoms with Gasteiger partial charge in [0.25, 0.3) is 0 Å². The van der Waals surface area contributed by atoms with Gasteiger partial charge in [0.15, 0.2) is 0 Å². The highest BCUT2D eigenvalue weighted by molar-refractivity contribution is 5.81. The molecule has 1 amide bonds. The van der Waals surface area contributed by atoms with Crippen LogP contribution in [0.5, 0.6) is 0 Å². The molecule has 0 fully saturated rings. The number of rotatable bonds is 3. The van der Waals surface area contributed by atoms with E-state index in [-0.39, 0.29) is 6.61 Å². The van der Waals surface area contributed by atoms with E-state index in [1.807, 2.05) is 0 Å². The summed E-state index contributed by atoms with van der Waals surface area (Å²) in [4.78, 5) is 10.4. The zero-order chi connectivity index (χ0) is 10.6. The van der Waals surface area contributed by atoms with E-state index < -0.39 is 24.0 Å². The number of aliphatic hydroxyl groups is 1. The Balaban J connectivity index is 4.07. The van der Waals surface area contributed by atoms with E-state index in [0.29, 0.717) is 0 Å².